The molecular formula is C10H17ClN2OSi. The molecule has 0 radical (unpaired) electrons. The Hall–Kier alpha value is -0.613. The Labute approximate surface area is 96.9 Å². The van der Waals surface area contributed by atoms with E-state index in [1.54, 1.807) is 6.07 Å². The molecule has 0 aliphatic carbocycles. The van der Waals surface area contributed by atoms with Gasteiger partial charge in [0.2, 0.25) is 11.2 Å². The second kappa shape index (κ2) is 4.94. The normalized spacial score (nSPS) is 11.5. The molecule has 0 aliphatic heterocycles. The van der Waals surface area contributed by atoms with Gasteiger partial charge in [-0.15, -0.1) is 0 Å². The Bertz CT molecular complexity index is 318. The van der Waals surface area contributed by atoms with Crippen LogP contribution in [-0.2, 0) is 0 Å². The van der Waals surface area contributed by atoms with Crippen molar-refractivity contribution in [2.24, 2.45) is 0 Å². The van der Waals surface area contributed by atoms with E-state index in [0.717, 1.165) is 11.7 Å². The van der Waals surface area contributed by atoms with Crippen molar-refractivity contribution in [3.63, 3.8) is 0 Å². The lowest BCUT2D eigenvalue weighted by Gasteiger charge is -2.15. The molecular weight excluding hydrogens is 228 g/mol. The SMILES string of the molecule is Cc1cc(OCC[Si](C)(C)C)nc(Cl)n1. The largest absolute Gasteiger partial charge is 0.478 e. The van der Waals surface area contributed by atoms with Crippen molar-refractivity contribution in [3.8, 4) is 5.88 Å². The average Bonchev–Trinajstić information content (AvgIpc) is 1.99. The molecule has 3 nitrogen and oxygen atoms in total. The zero-order valence-electron chi connectivity index (χ0n) is 9.67. The van der Waals surface area contributed by atoms with Crippen LogP contribution in [0.3, 0.4) is 0 Å². The lowest BCUT2D eigenvalue weighted by Crippen LogP contribution is -2.22. The third-order valence-electron chi connectivity index (χ3n) is 1.91. The minimum absolute atomic E-state index is 0.248. The van der Waals surface area contributed by atoms with Crippen molar-refractivity contribution in [3.05, 3.63) is 17.0 Å². The fourth-order valence-corrected chi connectivity index (χ4v) is 1.97. The molecule has 5 heteroatoms. The summed E-state index contributed by atoms with van der Waals surface area (Å²) in [4.78, 5) is 7.98. The molecule has 84 valence electrons. The van der Waals surface area contributed by atoms with E-state index in [1.807, 2.05) is 6.92 Å². The highest BCUT2D eigenvalue weighted by Crippen LogP contribution is 2.14. The number of ether oxygens (including phenoxy) is 1. The van der Waals surface area contributed by atoms with Gasteiger partial charge in [0.15, 0.2) is 0 Å². The van der Waals surface area contributed by atoms with Gasteiger partial charge in [0.05, 0.1) is 6.61 Å². The Morgan fingerprint density at radius 1 is 1.33 bits per heavy atom. The highest BCUT2D eigenvalue weighted by molar-refractivity contribution is 6.76. The number of aryl methyl sites for hydroxylation is 1. The van der Waals surface area contributed by atoms with E-state index in [4.69, 9.17) is 16.3 Å². The van der Waals surface area contributed by atoms with E-state index in [0.29, 0.717) is 12.5 Å². The van der Waals surface area contributed by atoms with Crippen LogP contribution in [0, 0.1) is 6.92 Å². The van der Waals surface area contributed by atoms with Crippen LogP contribution in [0.5, 0.6) is 5.88 Å². The molecule has 1 aromatic rings. The first-order valence-corrected chi connectivity index (χ1v) is 9.09. The molecule has 0 saturated carbocycles. The summed E-state index contributed by atoms with van der Waals surface area (Å²) in [5.41, 5.74) is 0.831. The lowest BCUT2D eigenvalue weighted by atomic mass is 10.4. The van der Waals surface area contributed by atoms with Gasteiger partial charge in [-0.3, -0.25) is 0 Å². The van der Waals surface area contributed by atoms with Gasteiger partial charge < -0.3 is 4.74 Å². The van der Waals surface area contributed by atoms with Gasteiger partial charge in [-0.25, -0.2) is 4.98 Å². The number of rotatable bonds is 4. The minimum atomic E-state index is -1.04. The summed E-state index contributed by atoms with van der Waals surface area (Å²) in [6, 6.07) is 2.92. The Balaban J connectivity index is 2.51. The third-order valence-corrected chi connectivity index (χ3v) is 3.78. The van der Waals surface area contributed by atoms with E-state index in [1.165, 1.54) is 0 Å². The van der Waals surface area contributed by atoms with Gasteiger partial charge in [0, 0.05) is 19.8 Å². The van der Waals surface area contributed by atoms with Gasteiger partial charge in [-0.2, -0.15) is 4.98 Å². The zero-order chi connectivity index (χ0) is 11.5. The summed E-state index contributed by atoms with van der Waals surface area (Å²) in [6.07, 6.45) is 0. The highest BCUT2D eigenvalue weighted by Gasteiger charge is 2.12. The van der Waals surface area contributed by atoms with Crippen molar-refractivity contribution >= 4 is 19.7 Å². The van der Waals surface area contributed by atoms with Crippen molar-refractivity contribution in [1.29, 1.82) is 0 Å². The summed E-state index contributed by atoms with van der Waals surface area (Å²) >= 11 is 5.73. The molecule has 0 spiro atoms. The lowest BCUT2D eigenvalue weighted by molar-refractivity contribution is 0.324. The van der Waals surface area contributed by atoms with Crippen LogP contribution in [0.2, 0.25) is 31.0 Å². The number of aromatic nitrogens is 2. The van der Waals surface area contributed by atoms with Crippen LogP contribution in [0.1, 0.15) is 5.69 Å². The van der Waals surface area contributed by atoms with E-state index < -0.39 is 8.07 Å². The molecule has 1 aromatic heterocycles. The molecule has 0 aromatic carbocycles. The van der Waals surface area contributed by atoms with Gasteiger partial charge in [0.1, 0.15) is 0 Å². The second-order valence-electron chi connectivity index (χ2n) is 4.78. The van der Waals surface area contributed by atoms with Crippen LogP contribution >= 0.6 is 11.6 Å². The van der Waals surface area contributed by atoms with Crippen LogP contribution in [-0.4, -0.2) is 24.6 Å². The number of hydrogen-bond acceptors (Lipinski definition) is 3. The topological polar surface area (TPSA) is 35.0 Å². The van der Waals surface area contributed by atoms with Gasteiger partial charge in [-0.1, -0.05) is 19.6 Å². The molecule has 0 aliphatic rings. The molecule has 0 atom stereocenters. The van der Waals surface area contributed by atoms with Gasteiger partial charge >= 0.3 is 0 Å². The van der Waals surface area contributed by atoms with Gasteiger partial charge in [-0.05, 0) is 24.6 Å². The molecule has 15 heavy (non-hydrogen) atoms. The Morgan fingerprint density at radius 2 is 2.00 bits per heavy atom. The first-order valence-electron chi connectivity index (χ1n) is 5.01. The minimum Gasteiger partial charge on any atom is -0.478 e. The third kappa shape index (κ3) is 5.13. The maximum atomic E-state index is 5.73. The fourth-order valence-electron chi connectivity index (χ4n) is 1.04. The average molecular weight is 245 g/mol. The fraction of sp³-hybridized carbons (Fsp3) is 0.600. The summed E-state index contributed by atoms with van der Waals surface area (Å²) < 4.78 is 5.54. The second-order valence-corrected chi connectivity index (χ2v) is 10.7. The molecule has 0 N–H and O–H groups in total. The van der Waals surface area contributed by atoms with Crippen LogP contribution in [0.4, 0.5) is 0 Å². The molecule has 1 heterocycles. The van der Waals surface area contributed by atoms with Crippen LogP contribution < -0.4 is 4.74 Å². The summed E-state index contributed by atoms with van der Waals surface area (Å²) in [5, 5.41) is 0.248. The first kappa shape index (κ1) is 12.5. The molecule has 1 rings (SSSR count). The van der Waals surface area contributed by atoms with E-state index >= 15 is 0 Å². The summed E-state index contributed by atoms with van der Waals surface area (Å²) in [7, 11) is -1.04. The molecule has 0 amide bonds. The standard InChI is InChI=1S/C10H17ClN2OSi/c1-8-7-9(13-10(11)12-8)14-5-6-15(2,3)4/h7H,5-6H2,1-4H3. The molecule has 0 fully saturated rings. The zero-order valence-corrected chi connectivity index (χ0v) is 11.4. The smallest absolute Gasteiger partial charge is 0.225 e. The van der Waals surface area contributed by atoms with Crippen molar-refractivity contribution < 1.29 is 4.74 Å². The molecule has 0 unspecified atom stereocenters. The van der Waals surface area contributed by atoms with Crippen molar-refractivity contribution in [2.45, 2.75) is 32.6 Å². The quantitative estimate of drug-likeness (QED) is 0.603. The first-order chi connectivity index (χ1) is 6.87. The number of halogens is 1. The summed E-state index contributed by atoms with van der Waals surface area (Å²) in [5.74, 6) is 0.575. The molecule has 0 saturated heterocycles. The van der Waals surface area contributed by atoms with Crippen LogP contribution in [0.25, 0.3) is 0 Å². The Kier molecular flexibility index (Phi) is 4.10. The number of nitrogens with zero attached hydrogens (tertiary/aromatic N) is 2. The summed E-state index contributed by atoms with van der Waals surface area (Å²) in [6.45, 7) is 9.53. The van der Waals surface area contributed by atoms with E-state index in [9.17, 15) is 0 Å². The highest BCUT2D eigenvalue weighted by atomic mass is 35.5. The monoisotopic (exact) mass is 244 g/mol. The maximum Gasteiger partial charge on any atom is 0.225 e. The predicted molar refractivity (Wildman–Crippen MR) is 65.4 cm³/mol. The maximum absolute atomic E-state index is 5.73. The predicted octanol–water partition coefficient (Wildman–Crippen LogP) is 3.16. The van der Waals surface area contributed by atoms with E-state index in [-0.39, 0.29) is 5.28 Å². The van der Waals surface area contributed by atoms with Crippen molar-refractivity contribution in [1.82, 2.24) is 9.97 Å². The van der Waals surface area contributed by atoms with Crippen LogP contribution in [0.15, 0.2) is 6.07 Å². The number of hydrogen-bond donors (Lipinski definition) is 0. The van der Waals surface area contributed by atoms with Crippen molar-refractivity contribution in [2.75, 3.05) is 6.61 Å². The van der Waals surface area contributed by atoms with Gasteiger partial charge in [0.25, 0.3) is 0 Å². The Morgan fingerprint density at radius 3 is 2.53 bits per heavy atom. The van der Waals surface area contributed by atoms with E-state index in [2.05, 4.69) is 29.6 Å². The molecule has 0 bridgehead atoms.